The van der Waals surface area contributed by atoms with E-state index < -0.39 is 5.97 Å². The van der Waals surface area contributed by atoms with Crippen LogP contribution < -0.4 is 0 Å². The molecule has 0 unspecified atom stereocenters. The van der Waals surface area contributed by atoms with Gasteiger partial charge < -0.3 is 14.8 Å². The van der Waals surface area contributed by atoms with Crippen LogP contribution in [0.4, 0.5) is 0 Å². The normalized spacial score (nSPS) is 10.2. The molecule has 82 valence electrons. The molecule has 2 N–H and O–H groups in total. The van der Waals surface area contributed by atoms with Crippen molar-refractivity contribution in [3.8, 4) is 0 Å². The average molecular weight is 211 g/mol. The predicted octanol–water partition coefficient (Wildman–Crippen LogP) is 0.658. The van der Waals surface area contributed by atoms with E-state index in [1.807, 2.05) is 0 Å². The van der Waals surface area contributed by atoms with Gasteiger partial charge in [0.1, 0.15) is 0 Å². The van der Waals surface area contributed by atoms with Crippen LogP contribution >= 0.6 is 0 Å². The molecule has 1 heterocycles. The van der Waals surface area contributed by atoms with Gasteiger partial charge in [-0.05, 0) is 18.6 Å². The highest BCUT2D eigenvalue weighted by atomic mass is 16.4. The first-order valence-electron chi connectivity index (χ1n) is 4.65. The van der Waals surface area contributed by atoms with Crippen LogP contribution in [0, 0.1) is 0 Å². The topological polar surface area (TPSA) is 79.5 Å². The Kier molecular flexibility index (Phi) is 4.05. The molecule has 0 radical (unpaired) electrons. The summed E-state index contributed by atoms with van der Waals surface area (Å²) in [5.74, 6) is -0.861. The maximum atomic E-state index is 10.6. The van der Waals surface area contributed by atoms with Gasteiger partial charge >= 0.3 is 5.97 Å². The molecule has 0 spiro atoms. The van der Waals surface area contributed by atoms with Gasteiger partial charge in [0.05, 0.1) is 12.3 Å². The molecule has 1 rings (SSSR count). The van der Waals surface area contributed by atoms with E-state index >= 15 is 0 Å². The lowest BCUT2D eigenvalue weighted by Gasteiger charge is -2.08. The Balaban J connectivity index is 2.68. The molecule has 0 bridgehead atoms. The van der Waals surface area contributed by atoms with Gasteiger partial charge in [0.2, 0.25) is 0 Å². The minimum Gasteiger partial charge on any atom is -0.481 e. The lowest BCUT2D eigenvalue weighted by atomic mass is 10.3. The number of aliphatic hydroxyl groups excluding tert-OH is 1. The second-order valence-electron chi connectivity index (χ2n) is 3.17. The average Bonchev–Trinajstić information content (AvgIpc) is 2.59. The fourth-order valence-electron chi connectivity index (χ4n) is 1.43. The second kappa shape index (κ2) is 5.31. The number of aliphatic hydroxyl groups is 1. The Bertz CT molecular complexity index is 356. The summed E-state index contributed by atoms with van der Waals surface area (Å²) < 4.78 is 1.63. The summed E-state index contributed by atoms with van der Waals surface area (Å²) in [4.78, 5) is 20.9. The number of aromatic nitrogens is 1. The van der Waals surface area contributed by atoms with Gasteiger partial charge in [-0.25, -0.2) is 0 Å². The standard InChI is InChI=1S/C10H13NO4/c12-6-8-3-4-9(7-13)11(8)5-1-2-10(14)15/h3-4,6,13H,1-2,5,7H2,(H,14,15). The lowest BCUT2D eigenvalue weighted by molar-refractivity contribution is -0.137. The molecular weight excluding hydrogens is 198 g/mol. The Morgan fingerprint density at radius 2 is 2.20 bits per heavy atom. The van der Waals surface area contributed by atoms with Crippen LogP contribution in [0.3, 0.4) is 0 Å². The molecule has 0 fully saturated rings. The van der Waals surface area contributed by atoms with Gasteiger partial charge in [-0.15, -0.1) is 0 Å². The van der Waals surface area contributed by atoms with Crippen molar-refractivity contribution in [1.29, 1.82) is 0 Å². The molecule has 0 amide bonds. The van der Waals surface area contributed by atoms with Gasteiger partial charge in [-0.1, -0.05) is 0 Å². The summed E-state index contributed by atoms with van der Waals surface area (Å²) in [5.41, 5.74) is 1.09. The molecule has 0 aliphatic carbocycles. The van der Waals surface area contributed by atoms with Gasteiger partial charge in [-0.3, -0.25) is 9.59 Å². The Morgan fingerprint density at radius 1 is 1.47 bits per heavy atom. The van der Waals surface area contributed by atoms with Crippen molar-refractivity contribution < 1.29 is 19.8 Å². The highest BCUT2D eigenvalue weighted by Gasteiger charge is 2.07. The third kappa shape index (κ3) is 2.92. The maximum Gasteiger partial charge on any atom is 0.303 e. The number of aliphatic carboxylic acids is 1. The Hall–Kier alpha value is -1.62. The minimum atomic E-state index is -0.861. The van der Waals surface area contributed by atoms with E-state index in [1.165, 1.54) is 0 Å². The zero-order valence-corrected chi connectivity index (χ0v) is 8.22. The molecule has 5 heteroatoms. The van der Waals surface area contributed by atoms with Crippen molar-refractivity contribution >= 4 is 12.3 Å². The summed E-state index contributed by atoms with van der Waals surface area (Å²) in [5, 5.41) is 17.4. The van der Waals surface area contributed by atoms with E-state index in [4.69, 9.17) is 10.2 Å². The van der Waals surface area contributed by atoms with Crippen molar-refractivity contribution in [3.63, 3.8) is 0 Å². The third-order valence-corrected chi connectivity index (χ3v) is 2.16. The Morgan fingerprint density at radius 3 is 2.73 bits per heavy atom. The zero-order chi connectivity index (χ0) is 11.3. The number of aldehydes is 1. The van der Waals surface area contributed by atoms with Crippen molar-refractivity contribution in [2.24, 2.45) is 0 Å². The third-order valence-electron chi connectivity index (χ3n) is 2.16. The van der Waals surface area contributed by atoms with E-state index in [9.17, 15) is 9.59 Å². The molecule has 1 aromatic heterocycles. The van der Waals surface area contributed by atoms with E-state index in [2.05, 4.69) is 0 Å². The molecular formula is C10H13NO4. The number of hydrogen-bond acceptors (Lipinski definition) is 3. The van der Waals surface area contributed by atoms with Crippen molar-refractivity contribution in [2.75, 3.05) is 0 Å². The zero-order valence-electron chi connectivity index (χ0n) is 8.22. The molecule has 0 atom stereocenters. The monoisotopic (exact) mass is 211 g/mol. The first-order valence-corrected chi connectivity index (χ1v) is 4.65. The molecule has 0 aliphatic rings. The van der Waals surface area contributed by atoms with Crippen LogP contribution in [0.2, 0.25) is 0 Å². The highest BCUT2D eigenvalue weighted by Crippen LogP contribution is 2.09. The molecule has 0 saturated carbocycles. The fourth-order valence-corrected chi connectivity index (χ4v) is 1.43. The second-order valence-corrected chi connectivity index (χ2v) is 3.17. The van der Waals surface area contributed by atoms with Crippen LogP contribution in [0.1, 0.15) is 29.0 Å². The number of carbonyl (C=O) groups excluding carboxylic acids is 1. The number of carbonyl (C=O) groups is 2. The Labute approximate surface area is 87.0 Å². The largest absolute Gasteiger partial charge is 0.481 e. The quantitative estimate of drug-likeness (QED) is 0.677. The molecule has 0 saturated heterocycles. The van der Waals surface area contributed by atoms with Gasteiger partial charge in [0.15, 0.2) is 6.29 Å². The molecule has 1 aromatic rings. The summed E-state index contributed by atoms with van der Waals surface area (Å²) >= 11 is 0. The predicted molar refractivity (Wildman–Crippen MR) is 52.6 cm³/mol. The number of hydrogen-bond donors (Lipinski definition) is 2. The first kappa shape index (κ1) is 11.5. The van der Waals surface area contributed by atoms with Crippen LogP contribution in [0.25, 0.3) is 0 Å². The number of nitrogens with zero attached hydrogens (tertiary/aromatic N) is 1. The van der Waals surface area contributed by atoms with Crippen molar-refractivity contribution in [3.05, 3.63) is 23.5 Å². The van der Waals surface area contributed by atoms with Crippen LogP contribution in [-0.2, 0) is 17.9 Å². The van der Waals surface area contributed by atoms with Crippen LogP contribution in [0.5, 0.6) is 0 Å². The first-order chi connectivity index (χ1) is 7.19. The van der Waals surface area contributed by atoms with E-state index in [1.54, 1.807) is 16.7 Å². The lowest BCUT2D eigenvalue weighted by Crippen LogP contribution is -2.08. The van der Waals surface area contributed by atoms with Crippen molar-refractivity contribution in [1.82, 2.24) is 4.57 Å². The van der Waals surface area contributed by atoms with E-state index in [0.29, 0.717) is 30.6 Å². The SMILES string of the molecule is O=Cc1ccc(CO)n1CCCC(=O)O. The number of carboxylic acid groups (broad SMARTS) is 1. The van der Waals surface area contributed by atoms with Crippen LogP contribution in [-0.4, -0.2) is 27.0 Å². The van der Waals surface area contributed by atoms with E-state index in [-0.39, 0.29) is 13.0 Å². The summed E-state index contributed by atoms with van der Waals surface area (Å²) in [7, 11) is 0. The summed E-state index contributed by atoms with van der Waals surface area (Å²) in [6.45, 7) is 0.282. The van der Waals surface area contributed by atoms with Gasteiger partial charge in [-0.2, -0.15) is 0 Å². The molecule has 0 aliphatic heterocycles. The van der Waals surface area contributed by atoms with Gasteiger partial charge in [0.25, 0.3) is 0 Å². The number of rotatable bonds is 6. The summed E-state index contributed by atoms with van der Waals surface area (Å²) in [6.07, 6.45) is 1.19. The number of carboxylic acids is 1. The minimum absolute atomic E-state index is 0.0569. The summed E-state index contributed by atoms with van der Waals surface area (Å²) in [6, 6.07) is 3.27. The van der Waals surface area contributed by atoms with E-state index in [0.717, 1.165) is 0 Å². The van der Waals surface area contributed by atoms with Gasteiger partial charge in [0, 0.05) is 18.7 Å². The smallest absolute Gasteiger partial charge is 0.303 e. The molecule has 0 aromatic carbocycles. The maximum absolute atomic E-state index is 10.6. The molecule has 5 nitrogen and oxygen atoms in total. The molecule has 15 heavy (non-hydrogen) atoms. The van der Waals surface area contributed by atoms with Crippen LogP contribution in [0.15, 0.2) is 12.1 Å². The highest BCUT2D eigenvalue weighted by molar-refractivity contribution is 5.72. The van der Waals surface area contributed by atoms with Crippen molar-refractivity contribution in [2.45, 2.75) is 26.0 Å². The fraction of sp³-hybridized carbons (Fsp3) is 0.400.